The van der Waals surface area contributed by atoms with Gasteiger partial charge >= 0.3 is 13.1 Å². The molecule has 23 heavy (non-hydrogen) atoms. The zero-order chi connectivity index (χ0) is 16.1. The molecule has 4 atom stereocenters. The van der Waals surface area contributed by atoms with Gasteiger partial charge in [-0.25, -0.2) is 4.79 Å². The summed E-state index contributed by atoms with van der Waals surface area (Å²) >= 11 is 1.52. The normalized spacial score (nSPS) is 29.5. The summed E-state index contributed by atoms with van der Waals surface area (Å²) in [6, 6.07) is 3.84. The minimum absolute atomic E-state index is 0.119. The lowest BCUT2D eigenvalue weighted by atomic mass is 9.77. The van der Waals surface area contributed by atoms with Crippen molar-refractivity contribution in [3.05, 3.63) is 23.3 Å². The van der Waals surface area contributed by atoms with Crippen molar-refractivity contribution in [2.75, 3.05) is 6.61 Å². The average molecular weight is 334 g/mol. The van der Waals surface area contributed by atoms with Crippen LogP contribution in [-0.2, 0) is 4.74 Å². The summed E-state index contributed by atoms with van der Waals surface area (Å²) in [4.78, 5) is 12.5. The molecular weight excluding hydrogens is 315 g/mol. The predicted molar refractivity (Wildman–Crippen MR) is 87.4 cm³/mol. The van der Waals surface area contributed by atoms with Crippen LogP contribution in [-0.4, -0.2) is 41.2 Å². The summed E-state index contributed by atoms with van der Waals surface area (Å²) in [5, 5.41) is 19.8. The van der Waals surface area contributed by atoms with Gasteiger partial charge in [0.15, 0.2) is 0 Å². The van der Waals surface area contributed by atoms with Crippen molar-refractivity contribution in [2.45, 2.75) is 54.2 Å². The minimum atomic E-state index is -1.00. The summed E-state index contributed by atoms with van der Waals surface area (Å²) < 4.78 is 11.3. The summed E-state index contributed by atoms with van der Waals surface area (Å²) in [7, 11) is -0.888. The van der Waals surface area contributed by atoms with Crippen LogP contribution in [0.2, 0.25) is 5.82 Å². The predicted octanol–water partition coefficient (Wildman–Crippen LogP) is 2.77. The maximum Gasteiger partial charge on any atom is 0.526 e. The van der Waals surface area contributed by atoms with E-state index >= 15 is 0 Å². The van der Waals surface area contributed by atoms with E-state index in [1.165, 1.54) is 11.8 Å². The van der Waals surface area contributed by atoms with E-state index in [2.05, 4.69) is 6.92 Å². The van der Waals surface area contributed by atoms with Gasteiger partial charge in [-0.05, 0) is 36.8 Å². The summed E-state index contributed by atoms with van der Waals surface area (Å²) in [5.74, 6) is -0.293. The topological polar surface area (TPSA) is 76.0 Å². The number of ether oxygens (including phenoxy) is 1. The molecule has 0 amide bonds. The summed E-state index contributed by atoms with van der Waals surface area (Å²) in [5.41, 5.74) is 1.11. The van der Waals surface area contributed by atoms with Gasteiger partial charge in [-0.1, -0.05) is 13.0 Å². The molecule has 0 unspecified atom stereocenters. The molecule has 1 saturated heterocycles. The number of thioether (sulfide) groups is 1. The number of hydrogen-bond donors (Lipinski definition) is 2. The molecule has 0 spiro atoms. The number of hydrogen-bond acceptors (Lipinski definition) is 5. The van der Waals surface area contributed by atoms with Gasteiger partial charge < -0.3 is 19.5 Å². The number of aromatic carboxylic acids is 1. The maximum atomic E-state index is 11.8. The van der Waals surface area contributed by atoms with Gasteiger partial charge in [0.1, 0.15) is 11.3 Å². The molecule has 2 N–H and O–H groups in total. The van der Waals surface area contributed by atoms with Crippen LogP contribution in [0.4, 0.5) is 0 Å². The van der Waals surface area contributed by atoms with E-state index < -0.39 is 13.1 Å². The molecule has 1 aliphatic carbocycles. The zero-order valence-corrected chi connectivity index (χ0v) is 13.7. The van der Waals surface area contributed by atoms with Crippen molar-refractivity contribution in [1.82, 2.24) is 0 Å². The second-order valence-corrected chi connectivity index (χ2v) is 7.97. The van der Waals surface area contributed by atoms with Gasteiger partial charge in [0.2, 0.25) is 0 Å². The lowest BCUT2D eigenvalue weighted by Crippen LogP contribution is -2.27. The molecule has 1 aromatic carbocycles. The van der Waals surface area contributed by atoms with Crippen LogP contribution in [0.5, 0.6) is 5.75 Å². The van der Waals surface area contributed by atoms with Gasteiger partial charge in [0.25, 0.3) is 0 Å². The lowest BCUT2D eigenvalue weighted by Gasteiger charge is -2.24. The first-order chi connectivity index (χ1) is 11.1. The van der Waals surface area contributed by atoms with Crippen molar-refractivity contribution >= 4 is 24.8 Å². The molecule has 1 aromatic rings. The molecule has 2 aliphatic heterocycles. The SMILES string of the molecule is C[C@H](Sc1ccc2c(c1C(=O)O)OB(O)[C@@H]1C[C@H]21)[C@@H]1CCCO1. The van der Waals surface area contributed by atoms with Gasteiger partial charge in [0.05, 0.1) is 6.10 Å². The van der Waals surface area contributed by atoms with Crippen LogP contribution in [0.1, 0.15) is 48.0 Å². The first-order valence-electron chi connectivity index (χ1n) is 8.09. The third kappa shape index (κ3) is 2.64. The van der Waals surface area contributed by atoms with E-state index in [1.54, 1.807) is 0 Å². The Balaban J connectivity index is 1.67. The van der Waals surface area contributed by atoms with Gasteiger partial charge in [-0.15, -0.1) is 11.8 Å². The summed E-state index contributed by atoms with van der Waals surface area (Å²) in [6.07, 6.45) is 3.10. The fourth-order valence-electron chi connectivity index (χ4n) is 3.64. The van der Waals surface area contributed by atoms with Crippen LogP contribution in [0.3, 0.4) is 0 Å². The smallest absolute Gasteiger partial charge is 0.526 e. The molecule has 122 valence electrons. The molecular formula is C16H19BO5S. The highest BCUT2D eigenvalue weighted by Crippen LogP contribution is 2.60. The van der Waals surface area contributed by atoms with Crippen molar-refractivity contribution in [1.29, 1.82) is 0 Å². The van der Waals surface area contributed by atoms with E-state index in [0.717, 1.165) is 31.4 Å². The van der Waals surface area contributed by atoms with E-state index in [9.17, 15) is 14.9 Å². The Kier molecular flexibility index (Phi) is 3.82. The Hall–Kier alpha value is -1.18. The molecule has 7 heteroatoms. The first-order valence-corrected chi connectivity index (χ1v) is 8.97. The van der Waals surface area contributed by atoms with E-state index in [4.69, 9.17) is 9.39 Å². The molecule has 4 rings (SSSR count). The van der Waals surface area contributed by atoms with Gasteiger partial charge in [-0.3, -0.25) is 0 Å². The molecule has 3 aliphatic rings. The maximum absolute atomic E-state index is 11.8. The molecule has 0 radical (unpaired) electrons. The fourth-order valence-corrected chi connectivity index (χ4v) is 4.86. The lowest BCUT2D eigenvalue weighted by molar-refractivity contribution is 0.0690. The molecule has 0 aromatic heterocycles. The third-order valence-corrected chi connectivity index (χ3v) is 6.28. The van der Waals surface area contributed by atoms with Crippen molar-refractivity contribution < 1.29 is 24.3 Å². The first kappa shape index (κ1) is 15.4. The van der Waals surface area contributed by atoms with Crippen molar-refractivity contribution in [2.24, 2.45) is 0 Å². The molecule has 1 saturated carbocycles. The number of carboxylic acid groups (broad SMARTS) is 1. The van der Waals surface area contributed by atoms with Crippen LogP contribution >= 0.6 is 11.8 Å². The Bertz CT molecular complexity index is 646. The minimum Gasteiger partial charge on any atom is -0.535 e. The van der Waals surface area contributed by atoms with E-state index in [1.807, 2.05) is 12.1 Å². The monoisotopic (exact) mass is 334 g/mol. The second-order valence-electron chi connectivity index (χ2n) is 6.55. The number of carbonyl (C=O) groups is 1. The zero-order valence-electron chi connectivity index (χ0n) is 12.9. The largest absolute Gasteiger partial charge is 0.535 e. The van der Waals surface area contributed by atoms with E-state index in [-0.39, 0.29) is 28.7 Å². The highest BCUT2D eigenvalue weighted by atomic mass is 32.2. The van der Waals surface area contributed by atoms with Crippen LogP contribution < -0.4 is 4.65 Å². The van der Waals surface area contributed by atoms with Crippen LogP contribution in [0.15, 0.2) is 17.0 Å². The number of carboxylic acids is 1. The second kappa shape index (κ2) is 5.72. The highest BCUT2D eigenvalue weighted by Gasteiger charge is 2.54. The molecule has 2 heterocycles. The molecule has 0 bridgehead atoms. The molecule has 2 fully saturated rings. The standard InChI is InChI=1S/C16H19BO5S/c1-8(12-3-2-6-21-12)23-13-5-4-9-10-7-11(10)17(20)22-15(9)14(13)16(18)19/h4-5,8,10-12,20H,2-3,6-7H2,1H3,(H,18,19)/t8-,10+,11+,12-/m0/s1. The Labute approximate surface area is 139 Å². The summed E-state index contributed by atoms with van der Waals surface area (Å²) in [6.45, 7) is 2.85. The Morgan fingerprint density at radius 1 is 1.48 bits per heavy atom. The van der Waals surface area contributed by atoms with Crippen molar-refractivity contribution in [3.63, 3.8) is 0 Å². The molecule has 5 nitrogen and oxygen atoms in total. The average Bonchev–Trinajstić information content (AvgIpc) is 3.13. The fraction of sp³-hybridized carbons (Fsp3) is 0.562. The Morgan fingerprint density at radius 3 is 3.00 bits per heavy atom. The van der Waals surface area contributed by atoms with Gasteiger partial charge in [0, 0.05) is 22.6 Å². The number of fused-ring (bicyclic) bond motifs is 3. The highest BCUT2D eigenvalue weighted by molar-refractivity contribution is 8.00. The van der Waals surface area contributed by atoms with Crippen LogP contribution in [0.25, 0.3) is 0 Å². The van der Waals surface area contributed by atoms with E-state index in [0.29, 0.717) is 10.6 Å². The number of rotatable bonds is 4. The van der Waals surface area contributed by atoms with Crippen LogP contribution in [0, 0.1) is 0 Å². The van der Waals surface area contributed by atoms with Gasteiger partial charge in [-0.2, -0.15) is 0 Å². The Morgan fingerprint density at radius 2 is 2.30 bits per heavy atom. The number of benzene rings is 1. The quantitative estimate of drug-likeness (QED) is 0.651. The third-order valence-electron chi connectivity index (χ3n) is 5.01. The van der Waals surface area contributed by atoms with Crippen molar-refractivity contribution in [3.8, 4) is 5.75 Å².